The van der Waals surface area contributed by atoms with E-state index in [1.807, 2.05) is 30.1 Å². The summed E-state index contributed by atoms with van der Waals surface area (Å²) < 4.78 is 1.37. The number of nitrogens with one attached hydrogen (secondary N) is 1. The molecule has 1 unspecified atom stereocenters. The number of likely N-dealkylation sites (N-methyl/N-ethyl adjacent to an activating group) is 1. The summed E-state index contributed by atoms with van der Waals surface area (Å²) in [6, 6.07) is 8.96. The molecule has 1 aromatic carbocycles. The molecule has 0 saturated heterocycles. The summed E-state index contributed by atoms with van der Waals surface area (Å²) in [5.74, 6) is 0. The van der Waals surface area contributed by atoms with E-state index >= 15 is 0 Å². The molecule has 0 amide bonds. The lowest BCUT2D eigenvalue weighted by molar-refractivity contribution is 0.603. The van der Waals surface area contributed by atoms with Gasteiger partial charge in [0.05, 0.1) is 5.51 Å². The van der Waals surface area contributed by atoms with E-state index in [9.17, 15) is 0 Å². The predicted octanol–water partition coefficient (Wildman–Crippen LogP) is 3.86. The Morgan fingerprint density at radius 1 is 1.28 bits per heavy atom. The van der Waals surface area contributed by atoms with E-state index in [1.165, 1.54) is 20.5 Å². The van der Waals surface area contributed by atoms with E-state index < -0.39 is 0 Å². The number of fused-ring (bicyclic) bond motifs is 1. The summed E-state index contributed by atoms with van der Waals surface area (Å²) >= 11 is 3.54. The zero-order chi connectivity index (χ0) is 12.4. The van der Waals surface area contributed by atoms with Crippen molar-refractivity contribution in [1.29, 1.82) is 0 Å². The molecule has 0 spiro atoms. The van der Waals surface area contributed by atoms with Crippen LogP contribution in [0.25, 0.3) is 10.1 Å². The highest BCUT2D eigenvalue weighted by Crippen LogP contribution is 2.30. The average Bonchev–Trinajstić information content (AvgIpc) is 3.06. The van der Waals surface area contributed by atoms with Crippen LogP contribution in [0.5, 0.6) is 0 Å². The van der Waals surface area contributed by atoms with Crippen LogP contribution in [-0.4, -0.2) is 12.0 Å². The third-order valence-corrected chi connectivity index (χ3v) is 5.03. The van der Waals surface area contributed by atoms with Crippen molar-refractivity contribution >= 4 is 32.8 Å². The van der Waals surface area contributed by atoms with Gasteiger partial charge in [0.1, 0.15) is 0 Å². The Bertz CT molecular complexity index is 628. The summed E-state index contributed by atoms with van der Waals surface area (Å²) in [6.07, 6.45) is 2.98. The molecular weight excluding hydrogens is 260 g/mol. The molecule has 0 saturated carbocycles. The Hall–Kier alpha value is -1.23. The molecule has 0 fully saturated rings. The topological polar surface area (TPSA) is 24.9 Å². The summed E-state index contributed by atoms with van der Waals surface area (Å²) in [5, 5.41) is 7.04. The van der Waals surface area contributed by atoms with Crippen LogP contribution in [0.4, 0.5) is 0 Å². The van der Waals surface area contributed by atoms with Gasteiger partial charge < -0.3 is 5.32 Å². The van der Waals surface area contributed by atoms with Crippen LogP contribution in [0.2, 0.25) is 0 Å². The lowest BCUT2D eigenvalue weighted by Crippen LogP contribution is -2.17. The normalized spacial score (nSPS) is 12.9. The van der Waals surface area contributed by atoms with Crippen molar-refractivity contribution in [3.05, 3.63) is 51.8 Å². The van der Waals surface area contributed by atoms with Gasteiger partial charge in [0.15, 0.2) is 0 Å². The van der Waals surface area contributed by atoms with Crippen LogP contribution in [0.3, 0.4) is 0 Å². The molecule has 3 aromatic rings. The largest absolute Gasteiger partial charge is 0.312 e. The van der Waals surface area contributed by atoms with Crippen molar-refractivity contribution < 1.29 is 0 Å². The Morgan fingerprint density at radius 2 is 2.17 bits per heavy atom. The van der Waals surface area contributed by atoms with Gasteiger partial charge in [0.2, 0.25) is 0 Å². The molecule has 1 N–H and O–H groups in total. The fraction of sp³-hybridized carbons (Fsp3) is 0.214. The fourth-order valence-electron chi connectivity index (χ4n) is 2.15. The monoisotopic (exact) mass is 274 g/mol. The second kappa shape index (κ2) is 5.18. The first-order valence-electron chi connectivity index (χ1n) is 5.89. The van der Waals surface area contributed by atoms with Crippen molar-refractivity contribution in [2.24, 2.45) is 0 Å². The summed E-state index contributed by atoms with van der Waals surface area (Å²) in [4.78, 5) is 5.46. The maximum absolute atomic E-state index is 4.16. The minimum atomic E-state index is 0.357. The molecule has 4 heteroatoms. The van der Waals surface area contributed by atoms with Crippen molar-refractivity contribution in [2.75, 3.05) is 7.05 Å². The molecule has 92 valence electrons. The van der Waals surface area contributed by atoms with Gasteiger partial charge in [-0.3, -0.25) is 4.98 Å². The van der Waals surface area contributed by atoms with Gasteiger partial charge in [-0.05, 0) is 35.9 Å². The third-order valence-electron chi connectivity index (χ3n) is 3.13. The van der Waals surface area contributed by atoms with Gasteiger partial charge >= 0.3 is 0 Å². The van der Waals surface area contributed by atoms with Crippen molar-refractivity contribution in [3.8, 4) is 0 Å². The molecule has 2 heterocycles. The summed E-state index contributed by atoms with van der Waals surface area (Å²) in [6.45, 7) is 0. The predicted molar refractivity (Wildman–Crippen MR) is 79.4 cm³/mol. The molecule has 2 aromatic heterocycles. The van der Waals surface area contributed by atoms with E-state index in [0.717, 1.165) is 6.42 Å². The van der Waals surface area contributed by atoms with Crippen LogP contribution >= 0.6 is 22.7 Å². The minimum absolute atomic E-state index is 0.357. The summed E-state index contributed by atoms with van der Waals surface area (Å²) in [7, 11) is 2.01. The van der Waals surface area contributed by atoms with E-state index in [-0.39, 0.29) is 0 Å². The molecular formula is C14H14N2S2. The molecule has 18 heavy (non-hydrogen) atoms. The van der Waals surface area contributed by atoms with Gasteiger partial charge in [-0.2, -0.15) is 0 Å². The van der Waals surface area contributed by atoms with Gasteiger partial charge in [0.25, 0.3) is 0 Å². The number of nitrogens with zero attached hydrogens (tertiary/aromatic N) is 1. The van der Waals surface area contributed by atoms with Gasteiger partial charge in [-0.25, -0.2) is 0 Å². The van der Waals surface area contributed by atoms with Gasteiger partial charge in [0, 0.05) is 21.8 Å². The Morgan fingerprint density at radius 3 is 2.94 bits per heavy atom. The first-order chi connectivity index (χ1) is 8.88. The number of hydrogen-bond donors (Lipinski definition) is 1. The minimum Gasteiger partial charge on any atom is -0.312 e. The zero-order valence-corrected chi connectivity index (χ0v) is 11.7. The Kier molecular flexibility index (Phi) is 3.41. The average molecular weight is 274 g/mol. The second-order valence-corrected chi connectivity index (χ2v) is 6.04. The van der Waals surface area contributed by atoms with Crippen LogP contribution in [0.1, 0.15) is 16.5 Å². The van der Waals surface area contributed by atoms with Crippen molar-refractivity contribution in [3.63, 3.8) is 0 Å². The third kappa shape index (κ3) is 2.19. The number of hydrogen-bond acceptors (Lipinski definition) is 4. The quantitative estimate of drug-likeness (QED) is 0.781. The van der Waals surface area contributed by atoms with E-state index in [1.54, 1.807) is 11.3 Å². The molecule has 0 aliphatic carbocycles. The molecule has 1 atom stereocenters. The number of aromatic nitrogens is 1. The first-order valence-corrected chi connectivity index (χ1v) is 7.65. The fourth-order valence-corrected chi connectivity index (χ4v) is 3.86. The molecule has 0 bridgehead atoms. The molecule has 3 rings (SSSR count). The second-order valence-electron chi connectivity index (χ2n) is 4.21. The number of rotatable bonds is 4. The van der Waals surface area contributed by atoms with Crippen molar-refractivity contribution in [1.82, 2.24) is 10.3 Å². The molecule has 0 radical (unpaired) electrons. The lowest BCUT2D eigenvalue weighted by Gasteiger charge is -2.13. The Labute approximate surface area is 114 Å². The lowest BCUT2D eigenvalue weighted by atomic mass is 10.0. The molecule has 0 aliphatic heterocycles. The smallest absolute Gasteiger partial charge is 0.0794 e. The highest BCUT2D eigenvalue weighted by atomic mass is 32.1. The standard InChI is InChI=1S/C14H14N2S2/c1-15-12(14-7-16-9-18-14)6-10-8-17-13-5-3-2-4-11(10)13/h2-5,7-9,12,15H,6H2,1H3. The first kappa shape index (κ1) is 11.8. The van der Waals surface area contributed by atoms with Crippen LogP contribution in [0, 0.1) is 0 Å². The highest BCUT2D eigenvalue weighted by Gasteiger charge is 2.14. The van der Waals surface area contributed by atoms with Crippen LogP contribution < -0.4 is 5.32 Å². The maximum atomic E-state index is 4.16. The van der Waals surface area contributed by atoms with Gasteiger partial charge in [-0.15, -0.1) is 22.7 Å². The number of thiophene rings is 1. The number of benzene rings is 1. The van der Waals surface area contributed by atoms with Crippen LogP contribution in [-0.2, 0) is 6.42 Å². The Balaban J connectivity index is 1.91. The van der Waals surface area contributed by atoms with Gasteiger partial charge in [-0.1, -0.05) is 18.2 Å². The zero-order valence-electron chi connectivity index (χ0n) is 10.1. The van der Waals surface area contributed by atoms with Crippen molar-refractivity contribution in [2.45, 2.75) is 12.5 Å². The SMILES string of the molecule is CNC(Cc1csc2ccccc12)c1cncs1. The van der Waals surface area contributed by atoms with Crippen LogP contribution in [0.15, 0.2) is 41.4 Å². The number of thiazole rings is 1. The summed E-state index contributed by atoms with van der Waals surface area (Å²) in [5.41, 5.74) is 3.31. The highest BCUT2D eigenvalue weighted by molar-refractivity contribution is 7.17. The van der Waals surface area contributed by atoms with E-state index in [0.29, 0.717) is 6.04 Å². The van der Waals surface area contributed by atoms with E-state index in [2.05, 4.69) is 39.9 Å². The van der Waals surface area contributed by atoms with E-state index in [4.69, 9.17) is 0 Å². The maximum Gasteiger partial charge on any atom is 0.0794 e. The molecule has 0 aliphatic rings. The molecule has 2 nitrogen and oxygen atoms in total.